The van der Waals surface area contributed by atoms with Gasteiger partial charge in [0.25, 0.3) is 0 Å². The molecule has 0 fully saturated rings. The first-order chi connectivity index (χ1) is 7.19. The molecule has 0 saturated heterocycles. The number of nitrogens with one attached hydrogen (secondary N) is 1. The molecule has 0 amide bonds. The Hall–Kier alpha value is 0.390. The Bertz CT molecular complexity index is 314. The van der Waals surface area contributed by atoms with Crippen molar-refractivity contribution in [2.75, 3.05) is 7.05 Å². The van der Waals surface area contributed by atoms with Gasteiger partial charge in [0.2, 0.25) is 0 Å². The van der Waals surface area contributed by atoms with Crippen LogP contribution in [-0.4, -0.2) is 7.05 Å². The van der Waals surface area contributed by atoms with Crippen LogP contribution in [0.25, 0.3) is 0 Å². The summed E-state index contributed by atoms with van der Waals surface area (Å²) < 4.78 is 2.50. The lowest BCUT2D eigenvalue weighted by molar-refractivity contribution is 0.521. The summed E-state index contributed by atoms with van der Waals surface area (Å²) in [6.07, 6.45) is 3.72. The van der Waals surface area contributed by atoms with Gasteiger partial charge in [-0.05, 0) is 59.8 Å². The highest BCUT2D eigenvalue weighted by molar-refractivity contribution is 14.1. The van der Waals surface area contributed by atoms with Crippen molar-refractivity contribution < 1.29 is 0 Å². The molecule has 0 aliphatic carbocycles. The SMILES string of the molecule is CCCCC(NC)c1cc(I)ccc1Br. The summed E-state index contributed by atoms with van der Waals surface area (Å²) in [5, 5.41) is 3.39. The minimum absolute atomic E-state index is 0.467. The molecule has 0 aliphatic heterocycles. The normalized spacial score (nSPS) is 12.8. The summed E-state index contributed by atoms with van der Waals surface area (Å²) in [4.78, 5) is 0. The van der Waals surface area contributed by atoms with E-state index < -0.39 is 0 Å². The van der Waals surface area contributed by atoms with Gasteiger partial charge in [-0.1, -0.05) is 35.7 Å². The maximum absolute atomic E-state index is 3.62. The molecule has 0 aromatic heterocycles. The third-order valence-electron chi connectivity index (χ3n) is 2.53. The zero-order chi connectivity index (χ0) is 11.3. The molecule has 1 unspecified atom stereocenters. The number of hydrogen-bond donors (Lipinski definition) is 1. The van der Waals surface area contributed by atoms with Crippen molar-refractivity contribution in [2.45, 2.75) is 32.2 Å². The van der Waals surface area contributed by atoms with Crippen LogP contribution in [0, 0.1) is 3.57 Å². The maximum Gasteiger partial charge on any atom is 0.0329 e. The first-order valence-electron chi connectivity index (χ1n) is 5.31. The molecule has 0 bridgehead atoms. The fourth-order valence-electron chi connectivity index (χ4n) is 1.65. The highest BCUT2D eigenvalue weighted by atomic mass is 127. The van der Waals surface area contributed by atoms with Crippen LogP contribution in [0.4, 0.5) is 0 Å². The lowest BCUT2D eigenvalue weighted by atomic mass is 10.0. The first-order valence-corrected chi connectivity index (χ1v) is 7.18. The molecule has 0 spiro atoms. The van der Waals surface area contributed by atoms with Crippen LogP contribution in [-0.2, 0) is 0 Å². The summed E-state index contributed by atoms with van der Waals surface area (Å²) in [6, 6.07) is 6.98. The van der Waals surface area contributed by atoms with Crippen molar-refractivity contribution in [3.05, 3.63) is 31.8 Å². The predicted molar refractivity (Wildman–Crippen MR) is 78.2 cm³/mol. The second-order valence-electron chi connectivity index (χ2n) is 3.65. The number of halogens is 2. The molecule has 3 heteroatoms. The van der Waals surface area contributed by atoms with Gasteiger partial charge in [0.05, 0.1) is 0 Å². The van der Waals surface area contributed by atoms with Gasteiger partial charge < -0.3 is 5.32 Å². The van der Waals surface area contributed by atoms with Crippen molar-refractivity contribution >= 4 is 38.5 Å². The van der Waals surface area contributed by atoms with Gasteiger partial charge in [0.15, 0.2) is 0 Å². The second-order valence-corrected chi connectivity index (χ2v) is 5.75. The number of rotatable bonds is 5. The summed E-state index contributed by atoms with van der Waals surface area (Å²) in [5.74, 6) is 0. The minimum atomic E-state index is 0.467. The Labute approximate surface area is 114 Å². The van der Waals surface area contributed by atoms with Crippen molar-refractivity contribution in [2.24, 2.45) is 0 Å². The quantitative estimate of drug-likeness (QED) is 0.740. The number of unbranched alkanes of at least 4 members (excludes halogenated alkanes) is 1. The van der Waals surface area contributed by atoms with E-state index in [1.54, 1.807) is 0 Å². The van der Waals surface area contributed by atoms with Crippen molar-refractivity contribution in [3.8, 4) is 0 Å². The number of benzene rings is 1. The molecule has 1 N–H and O–H groups in total. The highest BCUT2D eigenvalue weighted by Crippen LogP contribution is 2.28. The topological polar surface area (TPSA) is 12.0 Å². The van der Waals surface area contributed by atoms with Crippen LogP contribution in [0.1, 0.15) is 37.8 Å². The molecule has 0 heterocycles. The smallest absolute Gasteiger partial charge is 0.0329 e. The Kier molecular flexibility index (Phi) is 6.16. The monoisotopic (exact) mass is 381 g/mol. The van der Waals surface area contributed by atoms with Crippen molar-refractivity contribution in [3.63, 3.8) is 0 Å². The van der Waals surface area contributed by atoms with Gasteiger partial charge in [-0.2, -0.15) is 0 Å². The average Bonchev–Trinajstić information content (AvgIpc) is 2.24. The lowest BCUT2D eigenvalue weighted by Crippen LogP contribution is -2.16. The van der Waals surface area contributed by atoms with E-state index >= 15 is 0 Å². The molecule has 1 atom stereocenters. The van der Waals surface area contributed by atoms with Crippen LogP contribution >= 0.6 is 38.5 Å². The van der Waals surface area contributed by atoms with Crippen LogP contribution in [0.3, 0.4) is 0 Å². The molecular formula is C12H17BrIN. The first kappa shape index (κ1) is 13.5. The Morgan fingerprint density at radius 2 is 2.20 bits per heavy atom. The van der Waals surface area contributed by atoms with Crippen LogP contribution in [0.5, 0.6) is 0 Å². The van der Waals surface area contributed by atoms with E-state index in [0.717, 1.165) is 0 Å². The molecule has 0 radical (unpaired) electrons. The van der Waals surface area contributed by atoms with Gasteiger partial charge in [-0.15, -0.1) is 0 Å². The molecule has 1 aromatic carbocycles. The van der Waals surface area contributed by atoms with E-state index in [1.165, 1.54) is 32.9 Å². The third-order valence-corrected chi connectivity index (χ3v) is 3.92. The standard InChI is InChI=1S/C12H17BrIN/c1-3-4-5-12(15-2)10-8-9(14)6-7-11(10)13/h6-8,12,15H,3-5H2,1-2H3. The van der Waals surface area contributed by atoms with Gasteiger partial charge in [-0.25, -0.2) is 0 Å². The van der Waals surface area contributed by atoms with Crippen LogP contribution < -0.4 is 5.32 Å². The summed E-state index contributed by atoms with van der Waals surface area (Å²) in [5.41, 5.74) is 1.37. The van der Waals surface area contributed by atoms with E-state index in [4.69, 9.17) is 0 Å². The predicted octanol–water partition coefficient (Wildman–Crippen LogP) is 4.50. The fraction of sp³-hybridized carbons (Fsp3) is 0.500. The van der Waals surface area contributed by atoms with E-state index in [1.807, 2.05) is 7.05 Å². The molecular weight excluding hydrogens is 365 g/mol. The molecule has 1 rings (SSSR count). The van der Waals surface area contributed by atoms with Gasteiger partial charge in [0, 0.05) is 14.1 Å². The summed E-state index contributed by atoms with van der Waals surface area (Å²) in [6.45, 7) is 2.23. The van der Waals surface area contributed by atoms with Crippen LogP contribution in [0.15, 0.2) is 22.7 Å². The van der Waals surface area contributed by atoms with Crippen molar-refractivity contribution in [1.29, 1.82) is 0 Å². The molecule has 1 nitrogen and oxygen atoms in total. The molecule has 0 aliphatic rings. The highest BCUT2D eigenvalue weighted by Gasteiger charge is 2.12. The molecule has 0 saturated carbocycles. The fourth-order valence-corrected chi connectivity index (χ4v) is 2.68. The minimum Gasteiger partial charge on any atom is -0.313 e. The third kappa shape index (κ3) is 4.04. The Morgan fingerprint density at radius 1 is 1.47 bits per heavy atom. The summed E-state index contributed by atoms with van der Waals surface area (Å²) in [7, 11) is 2.03. The van der Waals surface area contributed by atoms with Gasteiger partial charge in [0.1, 0.15) is 0 Å². The van der Waals surface area contributed by atoms with E-state index in [0.29, 0.717) is 6.04 Å². The summed E-state index contributed by atoms with van der Waals surface area (Å²) >= 11 is 5.98. The van der Waals surface area contributed by atoms with Crippen LogP contribution in [0.2, 0.25) is 0 Å². The Morgan fingerprint density at radius 3 is 2.80 bits per heavy atom. The maximum atomic E-state index is 3.62. The zero-order valence-electron chi connectivity index (χ0n) is 9.19. The Balaban J connectivity index is 2.85. The molecule has 1 aromatic rings. The molecule has 15 heavy (non-hydrogen) atoms. The number of hydrogen-bond acceptors (Lipinski definition) is 1. The van der Waals surface area contributed by atoms with Gasteiger partial charge in [-0.3, -0.25) is 0 Å². The van der Waals surface area contributed by atoms with E-state index in [2.05, 4.69) is 69.0 Å². The van der Waals surface area contributed by atoms with E-state index in [9.17, 15) is 0 Å². The van der Waals surface area contributed by atoms with Gasteiger partial charge >= 0.3 is 0 Å². The molecule has 84 valence electrons. The largest absolute Gasteiger partial charge is 0.313 e. The average molecular weight is 382 g/mol. The zero-order valence-corrected chi connectivity index (χ0v) is 12.9. The second kappa shape index (κ2) is 6.86. The lowest BCUT2D eigenvalue weighted by Gasteiger charge is -2.18. The van der Waals surface area contributed by atoms with E-state index in [-0.39, 0.29) is 0 Å². The van der Waals surface area contributed by atoms with Crippen molar-refractivity contribution in [1.82, 2.24) is 5.32 Å².